The molecule has 5 heteroatoms. The van der Waals surface area contributed by atoms with Crippen LogP contribution in [0, 0.1) is 0 Å². The van der Waals surface area contributed by atoms with Gasteiger partial charge in [-0.15, -0.1) is 0 Å². The SMILES string of the molecule is Nc1cc2c(c(C(=O)NCC3CCCN3)c1)OCC2. The molecule has 1 atom stereocenters. The predicted octanol–water partition coefficient (Wildman–Crippen LogP) is 0.685. The van der Waals surface area contributed by atoms with Gasteiger partial charge < -0.3 is 21.1 Å². The summed E-state index contributed by atoms with van der Waals surface area (Å²) in [4.78, 5) is 12.2. The lowest BCUT2D eigenvalue weighted by Gasteiger charge is -2.13. The minimum Gasteiger partial charge on any atom is -0.492 e. The number of carbonyl (C=O) groups excluding carboxylic acids is 1. The number of benzene rings is 1. The fourth-order valence-corrected chi connectivity index (χ4v) is 2.74. The Hall–Kier alpha value is -1.75. The average Bonchev–Trinajstić information content (AvgIpc) is 3.05. The average molecular weight is 261 g/mol. The molecule has 0 aliphatic carbocycles. The highest BCUT2D eigenvalue weighted by molar-refractivity contribution is 5.98. The van der Waals surface area contributed by atoms with Gasteiger partial charge >= 0.3 is 0 Å². The van der Waals surface area contributed by atoms with Gasteiger partial charge in [0.15, 0.2) is 0 Å². The molecular weight excluding hydrogens is 242 g/mol. The van der Waals surface area contributed by atoms with Gasteiger partial charge in [0.1, 0.15) is 5.75 Å². The first-order valence-corrected chi connectivity index (χ1v) is 6.81. The third-order valence-corrected chi connectivity index (χ3v) is 3.72. The highest BCUT2D eigenvalue weighted by atomic mass is 16.5. The summed E-state index contributed by atoms with van der Waals surface area (Å²) in [5, 5.41) is 6.32. The zero-order valence-corrected chi connectivity index (χ0v) is 10.9. The standard InChI is InChI=1S/C14H19N3O2/c15-10-6-9-3-5-19-13(9)12(7-10)14(18)17-8-11-2-1-4-16-11/h6-7,11,16H,1-5,8,15H2,(H,17,18). The molecule has 1 aromatic carbocycles. The smallest absolute Gasteiger partial charge is 0.255 e. The molecule has 2 heterocycles. The van der Waals surface area contributed by atoms with Crippen molar-refractivity contribution in [1.29, 1.82) is 0 Å². The van der Waals surface area contributed by atoms with Crippen molar-refractivity contribution in [2.45, 2.75) is 25.3 Å². The highest BCUT2D eigenvalue weighted by Gasteiger charge is 2.22. The van der Waals surface area contributed by atoms with E-state index >= 15 is 0 Å². The van der Waals surface area contributed by atoms with Crippen molar-refractivity contribution in [2.24, 2.45) is 0 Å². The lowest BCUT2D eigenvalue weighted by molar-refractivity contribution is 0.0947. The van der Waals surface area contributed by atoms with Crippen LogP contribution in [0.1, 0.15) is 28.8 Å². The number of rotatable bonds is 3. The largest absolute Gasteiger partial charge is 0.492 e. The van der Waals surface area contributed by atoms with Crippen LogP contribution in [0.25, 0.3) is 0 Å². The Morgan fingerprint density at radius 3 is 3.21 bits per heavy atom. The van der Waals surface area contributed by atoms with Gasteiger partial charge in [-0.1, -0.05) is 0 Å². The van der Waals surface area contributed by atoms with E-state index in [9.17, 15) is 4.79 Å². The van der Waals surface area contributed by atoms with Crippen LogP contribution in [0.15, 0.2) is 12.1 Å². The Morgan fingerprint density at radius 1 is 1.53 bits per heavy atom. The molecule has 19 heavy (non-hydrogen) atoms. The Balaban J connectivity index is 1.72. The molecule has 0 aromatic heterocycles. The van der Waals surface area contributed by atoms with Gasteiger partial charge in [-0.25, -0.2) is 0 Å². The van der Waals surface area contributed by atoms with Gasteiger partial charge in [-0.3, -0.25) is 4.79 Å². The molecule has 102 valence electrons. The monoisotopic (exact) mass is 261 g/mol. The minimum atomic E-state index is -0.0980. The Morgan fingerprint density at radius 2 is 2.42 bits per heavy atom. The second-order valence-electron chi connectivity index (χ2n) is 5.16. The Kier molecular flexibility index (Phi) is 3.29. The first kappa shape index (κ1) is 12.3. The summed E-state index contributed by atoms with van der Waals surface area (Å²) < 4.78 is 5.55. The summed E-state index contributed by atoms with van der Waals surface area (Å²) in [6.45, 7) is 2.32. The molecule has 4 N–H and O–H groups in total. The van der Waals surface area contributed by atoms with Gasteiger partial charge in [0.2, 0.25) is 0 Å². The van der Waals surface area contributed by atoms with Crippen molar-refractivity contribution in [1.82, 2.24) is 10.6 Å². The molecule has 1 saturated heterocycles. The molecule has 1 aromatic rings. The quantitative estimate of drug-likeness (QED) is 0.700. The second-order valence-corrected chi connectivity index (χ2v) is 5.16. The Labute approximate surface area is 112 Å². The van der Waals surface area contributed by atoms with Crippen LogP contribution in [0.4, 0.5) is 5.69 Å². The molecule has 0 bridgehead atoms. The fourth-order valence-electron chi connectivity index (χ4n) is 2.74. The van der Waals surface area contributed by atoms with E-state index in [2.05, 4.69) is 10.6 Å². The zero-order valence-electron chi connectivity index (χ0n) is 10.9. The maximum atomic E-state index is 12.2. The van der Waals surface area contributed by atoms with E-state index < -0.39 is 0 Å². The lowest BCUT2D eigenvalue weighted by Crippen LogP contribution is -2.37. The number of anilines is 1. The molecule has 2 aliphatic rings. The molecule has 3 rings (SSSR count). The first-order chi connectivity index (χ1) is 9.24. The number of carbonyl (C=O) groups is 1. The predicted molar refractivity (Wildman–Crippen MR) is 73.4 cm³/mol. The third kappa shape index (κ3) is 2.51. The van der Waals surface area contributed by atoms with Crippen molar-refractivity contribution in [3.05, 3.63) is 23.3 Å². The molecule has 0 saturated carbocycles. The van der Waals surface area contributed by atoms with E-state index in [4.69, 9.17) is 10.5 Å². The van der Waals surface area contributed by atoms with E-state index in [1.54, 1.807) is 6.07 Å². The van der Waals surface area contributed by atoms with Crippen molar-refractivity contribution in [3.8, 4) is 5.75 Å². The number of nitrogens with two attached hydrogens (primary N) is 1. The van der Waals surface area contributed by atoms with E-state index in [1.807, 2.05) is 6.07 Å². The summed E-state index contributed by atoms with van der Waals surface area (Å²) >= 11 is 0. The van der Waals surface area contributed by atoms with Crippen LogP contribution >= 0.6 is 0 Å². The number of nitrogen functional groups attached to an aromatic ring is 1. The maximum Gasteiger partial charge on any atom is 0.255 e. The highest BCUT2D eigenvalue weighted by Crippen LogP contribution is 2.31. The van der Waals surface area contributed by atoms with Crippen molar-refractivity contribution in [3.63, 3.8) is 0 Å². The van der Waals surface area contributed by atoms with E-state index in [-0.39, 0.29) is 5.91 Å². The minimum absolute atomic E-state index is 0.0980. The topological polar surface area (TPSA) is 76.4 Å². The van der Waals surface area contributed by atoms with Crippen LogP contribution in [-0.2, 0) is 6.42 Å². The lowest BCUT2D eigenvalue weighted by atomic mass is 10.1. The van der Waals surface area contributed by atoms with Crippen LogP contribution in [-0.4, -0.2) is 31.6 Å². The molecule has 5 nitrogen and oxygen atoms in total. The number of amides is 1. The van der Waals surface area contributed by atoms with Gasteiger partial charge in [-0.05, 0) is 31.5 Å². The molecule has 1 amide bonds. The van der Waals surface area contributed by atoms with E-state index in [1.165, 1.54) is 6.42 Å². The maximum absolute atomic E-state index is 12.2. The zero-order chi connectivity index (χ0) is 13.2. The van der Waals surface area contributed by atoms with Gasteiger partial charge in [0, 0.05) is 30.3 Å². The molecule has 1 unspecified atom stereocenters. The van der Waals surface area contributed by atoms with Crippen LogP contribution in [0.2, 0.25) is 0 Å². The summed E-state index contributed by atoms with van der Waals surface area (Å²) in [5.74, 6) is 0.602. The van der Waals surface area contributed by atoms with E-state index in [0.717, 1.165) is 24.9 Å². The summed E-state index contributed by atoms with van der Waals surface area (Å²) in [5.41, 5.74) is 8.05. The summed E-state index contributed by atoms with van der Waals surface area (Å²) in [6, 6.07) is 3.97. The number of hydrogen-bond donors (Lipinski definition) is 3. The van der Waals surface area contributed by atoms with Gasteiger partial charge in [0.05, 0.1) is 12.2 Å². The normalized spacial score (nSPS) is 20.9. The van der Waals surface area contributed by atoms with Crippen molar-refractivity contribution in [2.75, 3.05) is 25.4 Å². The van der Waals surface area contributed by atoms with Crippen LogP contribution in [0.3, 0.4) is 0 Å². The molecule has 2 aliphatic heterocycles. The second kappa shape index (κ2) is 5.09. The number of fused-ring (bicyclic) bond motifs is 1. The molecule has 0 spiro atoms. The third-order valence-electron chi connectivity index (χ3n) is 3.72. The molecule has 1 fully saturated rings. The number of hydrogen-bond acceptors (Lipinski definition) is 4. The van der Waals surface area contributed by atoms with Crippen LogP contribution in [0.5, 0.6) is 5.75 Å². The van der Waals surface area contributed by atoms with E-state index in [0.29, 0.717) is 36.2 Å². The van der Waals surface area contributed by atoms with Crippen LogP contribution < -0.4 is 21.1 Å². The Bertz CT molecular complexity index is 496. The fraction of sp³-hybridized carbons (Fsp3) is 0.500. The summed E-state index contributed by atoms with van der Waals surface area (Å²) in [7, 11) is 0. The number of ether oxygens (including phenoxy) is 1. The molecular formula is C14H19N3O2. The molecule has 0 radical (unpaired) electrons. The number of nitrogens with one attached hydrogen (secondary N) is 2. The summed E-state index contributed by atoms with van der Waals surface area (Å²) in [6.07, 6.45) is 3.12. The van der Waals surface area contributed by atoms with Crippen molar-refractivity contribution < 1.29 is 9.53 Å². The van der Waals surface area contributed by atoms with Gasteiger partial charge in [-0.2, -0.15) is 0 Å². The first-order valence-electron chi connectivity index (χ1n) is 6.81. The van der Waals surface area contributed by atoms with Gasteiger partial charge in [0.25, 0.3) is 5.91 Å². The van der Waals surface area contributed by atoms with Crippen molar-refractivity contribution >= 4 is 11.6 Å².